The van der Waals surface area contributed by atoms with Gasteiger partial charge in [-0.05, 0) is 51.8 Å². The molecule has 0 radical (unpaired) electrons. The quantitative estimate of drug-likeness (QED) is 0.738. The number of ether oxygens (including phenoxy) is 1. The monoisotopic (exact) mass is 371 g/mol. The number of aromatic nitrogens is 4. The lowest BCUT2D eigenvalue weighted by Crippen LogP contribution is -2.33. The first kappa shape index (κ1) is 18.0. The number of aromatic amines is 1. The van der Waals surface area contributed by atoms with E-state index in [9.17, 15) is 0 Å². The molecule has 8 heteroatoms. The zero-order chi connectivity index (χ0) is 18.6. The van der Waals surface area contributed by atoms with E-state index in [4.69, 9.17) is 10.5 Å². The number of H-pyrrole nitrogens is 1. The van der Waals surface area contributed by atoms with E-state index in [1.165, 1.54) is 24.2 Å². The molecule has 0 amide bonds. The van der Waals surface area contributed by atoms with Gasteiger partial charge in [0, 0.05) is 36.7 Å². The number of rotatable bonds is 5. The molecule has 0 aromatic carbocycles. The van der Waals surface area contributed by atoms with Gasteiger partial charge < -0.3 is 20.7 Å². The SMILES string of the molecule is CCOc1nc(N)cc(N2CCC(c3cc(C4CCNCC4)n[nH]3)CC2)n1. The Balaban J connectivity index is 1.38. The molecule has 0 aliphatic carbocycles. The minimum Gasteiger partial charge on any atom is -0.464 e. The van der Waals surface area contributed by atoms with Crippen molar-refractivity contribution in [3.63, 3.8) is 0 Å². The van der Waals surface area contributed by atoms with Crippen LogP contribution in [0.1, 0.15) is 55.8 Å². The van der Waals surface area contributed by atoms with E-state index >= 15 is 0 Å². The molecule has 4 N–H and O–H groups in total. The van der Waals surface area contributed by atoms with Crippen LogP contribution in [0, 0.1) is 0 Å². The molecule has 0 atom stereocenters. The summed E-state index contributed by atoms with van der Waals surface area (Å²) in [5.41, 5.74) is 8.43. The average molecular weight is 371 g/mol. The molecular formula is C19H29N7O. The maximum Gasteiger partial charge on any atom is 0.320 e. The molecule has 4 rings (SSSR count). The standard InChI is InChI=1S/C19H29N7O/c1-2-27-19-22-17(20)12-18(23-19)26-9-5-14(6-10-26)16-11-15(24-25-16)13-3-7-21-8-4-13/h11-14,21H,2-10H2,1H3,(H,24,25)(H2,20,22,23). The van der Waals surface area contributed by atoms with Gasteiger partial charge in [-0.3, -0.25) is 5.10 Å². The molecule has 4 heterocycles. The minimum atomic E-state index is 0.356. The van der Waals surface area contributed by atoms with Crippen molar-refractivity contribution in [1.29, 1.82) is 0 Å². The highest BCUT2D eigenvalue weighted by molar-refractivity contribution is 5.48. The van der Waals surface area contributed by atoms with Gasteiger partial charge in [0.05, 0.1) is 12.3 Å². The van der Waals surface area contributed by atoms with Gasteiger partial charge in [-0.1, -0.05) is 0 Å². The van der Waals surface area contributed by atoms with Gasteiger partial charge in [0.25, 0.3) is 0 Å². The number of piperidine rings is 2. The summed E-state index contributed by atoms with van der Waals surface area (Å²) >= 11 is 0. The van der Waals surface area contributed by atoms with Crippen LogP contribution < -0.4 is 20.7 Å². The van der Waals surface area contributed by atoms with E-state index in [1.54, 1.807) is 0 Å². The van der Waals surface area contributed by atoms with Crippen LogP contribution in [0.2, 0.25) is 0 Å². The number of nitrogens with two attached hydrogens (primary N) is 1. The lowest BCUT2D eigenvalue weighted by Gasteiger charge is -2.32. The number of hydrogen-bond acceptors (Lipinski definition) is 7. The summed E-state index contributed by atoms with van der Waals surface area (Å²) in [4.78, 5) is 10.9. The molecule has 146 valence electrons. The van der Waals surface area contributed by atoms with Gasteiger partial charge >= 0.3 is 6.01 Å². The van der Waals surface area contributed by atoms with Gasteiger partial charge in [0.2, 0.25) is 0 Å². The Kier molecular flexibility index (Phi) is 5.42. The maximum atomic E-state index is 5.91. The third kappa shape index (κ3) is 4.16. The first-order valence-corrected chi connectivity index (χ1v) is 10.0. The van der Waals surface area contributed by atoms with Crippen molar-refractivity contribution in [2.45, 2.75) is 44.4 Å². The van der Waals surface area contributed by atoms with Crippen LogP contribution in [0.15, 0.2) is 12.1 Å². The van der Waals surface area contributed by atoms with Gasteiger partial charge in [-0.15, -0.1) is 0 Å². The van der Waals surface area contributed by atoms with Crippen LogP contribution in [0.3, 0.4) is 0 Å². The second kappa shape index (κ2) is 8.12. The number of nitrogens with one attached hydrogen (secondary N) is 2. The molecule has 2 aliphatic heterocycles. The second-order valence-corrected chi connectivity index (χ2v) is 7.40. The Morgan fingerprint density at radius 3 is 2.63 bits per heavy atom. The molecule has 0 unspecified atom stereocenters. The highest BCUT2D eigenvalue weighted by atomic mass is 16.5. The number of anilines is 2. The van der Waals surface area contributed by atoms with Crippen LogP contribution >= 0.6 is 0 Å². The molecule has 27 heavy (non-hydrogen) atoms. The Morgan fingerprint density at radius 1 is 1.11 bits per heavy atom. The molecule has 2 fully saturated rings. The van der Waals surface area contributed by atoms with Crippen LogP contribution in [0.4, 0.5) is 11.6 Å². The van der Waals surface area contributed by atoms with Crippen molar-refractivity contribution in [3.05, 3.63) is 23.5 Å². The van der Waals surface area contributed by atoms with E-state index in [-0.39, 0.29) is 0 Å². The summed E-state index contributed by atoms with van der Waals surface area (Å²) in [5.74, 6) is 2.42. The largest absolute Gasteiger partial charge is 0.464 e. The van der Waals surface area contributed by atoms with Crippen molar-refractivity contribution in [2.24, 2.45) is 0 Å². The first-order valence-electron chi connectivity index (χ1n) is 10.0. The van der Waals surface area contributed by atoms with E-state index in [2.05, 4.69) is 36.4 Å². The average Bonchev–Trinajstić information content (AvgIpc) is 3.19. The van der Waals surface area contributed by atoms with Crippen molar-refractivity contribution in [1.82, 2.24) is 25.5 Å². The summed E-state index contributed by atoms with van der Waals surface area (Å²) in [6.45, 7) is 6.52. The zero-order valence-corrected chi connectivity index (χ0v) is 15.9. The summed E-state index contributed by atoms with van der Waals surface area (Å²) in [6.07, 6.45) is 4.50. The van der Waals surface area contributed by atoms with Gasteiger partial charge in [0.15, 0.2) is 0 Å². The predicted octanol–water partition coefficient (Wildman–Crippen LogP) is 2.03. The molecule has 0 saturated carbocycles. The van der Waals surface area contributed by atoms with Crippen LogP contribution in [-0.4, -0.2) is 53.0 Å². The van der Waals surface area contributed by atoms with Crippen molar-refractivity contribution in [2.75, 3.05) is 43.4 Å². The Morgan fingerprint density at radius 2 is 1.89 bits per heavy atom. The predicted molar refractivity (Wildman–Crippen MR) is 105 cm³/mol. The normalized spacial score (nSPS) is 19.4. The number of nitrogen functional groups attached to an aromatic ring is 1. The molecule has 2 saturated heterocycles. The maximum absolute atomic E-state index is 5.91. The summed E-state index contributed by atoms with van der Waals surface area (Å²) in [6, 6.07) is 4.48. The summed E-state index contributed by atoms with van der Waals surface area (Å²) in [5, 5.41) is 11.3. The second-order valence-electron chi connectivity index (χ2n) is 7.40. The van der Waals surface area contributed by atoms with Crippen molar-refractivity contribution < 1.29 is 4.74 Å². The highest BCUT2D eigenvalue weighted by Crippen LogP contribution is 2.32. The van der Waals surface area contributed by atoms with E-state index in [0.29, 0.717) is 30.3 Å². The summed E-state index contributed by atoms with van der Waals surface area (Å²) in [7, 11) is 0. The smallest absolute Gasteiger partial charge is 0.320 e. The van der Waals surface area contributed by atoms with Crippen LogP contribution in [0.5, 0.6) is 6.01 Å². The Labute approximate surface area is 159 Å². The highest BCUT2D eigenvalue weighted by Gasteiger charge is 2.25. The molecular weight excluding hydrogens is 342 g/mol. The van der Waals surface area contributed by atoms with Crippen LogP contribution in [-0.2, 0) is 0 Å². The summed E-state index contributed by atoms with van der Waals surface area (Å²) < 4.78 is 5.42. The van der Waals surface area contributed by atoms with E-state index < -0.39 is 0 Å². The zero-order valence-electron chi connectivity index (χ0n) is 15.9. The molecule has 8 nitrogen and oxygen atoms in total. The minimum absolute atomic E-state index is 0.356. The number of nitrogens with zero attached hydrogens (tertiary/aromatic N) is 4. The van der Waals surface area contributed by atoms with Crippen molar-refractivity contribution in [3.8, 4) is 6.01 Å². The van der Waals surface area contributed by atoms with Crippen LogP contribution in [0.25, 0.3) is 0 Å². The lowest BCUT2D eigenvalue weighted by atomic mass is 9.90. The molecule has 0 bridgehead atoms. The molecule has 2 aliphatic rings. The third-order valence-electron chi connectivity index (χ3n) is 5.62. The molecule has 0 spiro atoms. The first-order chi connectivity index (χ1) is 13.2. The third-order valence-corrected chi connectivity index (χ3v) is 5.62. The van der Waals surface area contributed by atoms with Gasteiger partial charge in [-0.2, -0.15) is 15.1 Å². The fourth-order valence-corrected chi connectivity index (χ4v) is 4.09. The van der Waals surface area contributed by atoms with Crippen molar-refractivity contribution >= 4 is 11.6 Å². The Bertz CT molecular complexity index is 748. The molecule has 2 aromatic heterocycles. The lowest BCUT2D eigenvalue weighted by molar-refractivity contribution is 0.313. The fourth-order valence-electron chi connectivity index (χ4n) is 4.09. The topological polar surface area (TPSA) is 105 Å². The van der Waals surface area contributed by atoms with Gasteiger partial charge in [-0.25, -0.2) is 0 Å². The van der Waals surface area contributed by atoms with E-state index in [0.717, 1.165) is 44.8 Å². The van der Waals surface area contributed by atoms with E-state index in [1.807, 2.05) is 13.0 Å². The fraction of sp³-hybridized carbons (Fsp3) is 0.632. The Hall–Kier alpha value is -2.35. The number of hydrogen-bond donors (Lipinski definition) is 3. The van der Waals surface area contributed by atoms with Gasteiger partial charge in [0.1, 0.15) is 11.6 Å². The molecule has 2 aromatic rings.